The summed E-state index contributed by atoms with van der Waals surface area (Å²) in [5, 5.41) is 6.22. The van der Waals surface area contributed by atoms with Crippen LogP contribution in [0.15, 0.2) is 158 Å². The second kappa shape index (κ2) is 10.5. The molecule has 0 radical (unpaired) electrons. The standard InChI is InChI=1S/C42H26N2S/c1-3-13-27(14-4-1)29-17-11-18-30(25-29)31-19-12-20-32(26-31)42-43-38(28-15-5-2-6-16-28)41-39(44-42)37-35-23-9-7-21-33(35)34-22-8-10-24-36(34)40(37)45-41/h1-26H. The molecule has 3 heteroatoms. The Bertz CT molecular complexity index is 2530. The third kappa shape index (κ3) is 4.32. The summed E-state index contributed by atoms with van der Waals surface area (Å²) in [7, 11) is 0. The maximum absolute atomic E-state index is 5.38. The summed E-state index contributed by atoms with van der Waals surface area (Å²) in [6.07, 6.45) is 0. The third-order valence-corrected chi connectivity index (χ3v) is 9.88. The van der Waals surface area contributed by atoms with E-state index in [1.165, 1.54) is 48.3 Å². The van der Waals surface area contributed by atoms with Gasteiger partial charge in [-0.05, 0) is 50.5 Å². The van der Waals surface area contributed by atoms with Crippen LogP contribution < -0.4 is 0 Å². The van der Waals surface area contributed by atoms with E-state index in [0.717, 1.165) is 38.4 Å². The lowest BCUT2D eigenvalue weighted by Gasteiger charge is -2.10. The van der Waals surface area contributed by atoms with Crippen molar-refractivity contribution in [2.75, 3.05) is 0 Å². The number of hydrogen-bond donors (Lipinski definition) is 0. The van der Waals surface area contributed by atoms with Crippen molar-refractivity contribution in [2.45, 2.75) is 0 Å². The van der Waals surface area contributed by atoms with E-state index in [4.69, 9.17) is 9.97 Å². The largest absolute Gasteiger partial charge is 0.226 e. The first-order valence-corrected chi connectivity index (χ1v) is 16.0. The summed E-state index contributed by atoms with van der Waals surface area (Å²) >= 11 is 1.81. The highest BCUT2D eigenvalue weighted by atomic mass is 32.1. The molecule has 0 amide bonds. The molecular weight excluding hydrogens is 565 g/mol. The van der Waals surface area contributed by atoms with Crippen molar-refractivity contribution in [1.82, 2.24) is 9.97 Å². The van der Waals surface area contributed by atoms with Crippen LogP contribution in [0.5, 0.6) is 0 Å². The smallest absolute Gasteiger partial charge is 0.160 e. The Morgan fingerprint density at radius 1 is 0.356 bits per heavy atom. The second-order valence-electron chi connectivity index (χ2n) is 11.4. The Labute approximate surface area is 264 Å². The van der Waals surface area contributed by atoms with E-state index >= 15 is 0 Å². The monoisotopic (exact) mass is 590 g/mol. The first-order valence-electron chi connectivity index (χ1n) is 15.2. The van der Waals surface area contributed by atoms with Gasteiger partial charge in [-0.1, -0.05) is 146 Å². The fourth-order valence-electron chi connectivity index (χ4n) is 6.54. The van der Waals surface area contributed by atoms with E-state index in [1.54, 1.807) is 11.3 Å². The van der Waals surface area contributed by atoms with Gasteiger partial charge in [-0.15, -0.1) is 11.3 Å². The van der Waals surface area contributed by atoms with Gasteiger partial charge >= 0.3 is 0 Å². The molecule has 45 heavy (non-hydrogen) atoms. The van der Waals surface area contributed by atoms with E-state index in [2.05, 4.69) is 158 Å². The van der Waals surface area contributed by atoms with Crippen molar-refractivity contribution in [3.63, 3.8) is 0 Å². The van der Waals surface area contributed by atoms with Crippen molar-refractivity contribution in [3.05, 3.63) is 158 Å². The summed E-state index contributed by atoms with van der Waals surface area (Å²) < 4.78 is 2.38. The van der Waals surface area contributed by atoms with Crippen LogP contribution in [0.25, 0.3) is 86.7 Å². The molecule has 2 aromatic heterocycles. The summed E-state index contributed by atoms with van der Waals surface area (Å²) in [4.78, 5) is 10.7. The maximum Gasteiger partial charge on any atom is 0.160 e. The van der Waals surface area contributed by atoms with Crippen LogP contribution in [0.4, 0.5) is 0 Å². The molecule has 0 saturated heterocycles. The molecule has 2 nitrogen and oxygen atoms in total. The van der Waals surface area contributed by atoms with Gasteiger partial charge in [0.25, 0.3) is 0 Å². The van der Waals surface area contributed by atoms with Crippen LogP contribution in [-0.2, 0) is 0 Å². The molecule has 0 N–H and O–H groups in total. The number of aromatic nitrogens is 2. The summed E-state index contributed by atoms with van der Waals surface area (Å²) in [6.45, 7) is 0. The molecule has 0 spiro atoms. The maximum atomic E-state index is 5.38. The van der Waals surface area contributed by atoms with Crippen molar-refractivity contribution in [2.24, 2.45) is 0 Å². The van der Waals surface area contributed by atoms with Crippen LogP contribution in [0.1, 0.15) is 0 Å². The zero-order valence-corrected chi connectivity index (χ0v) is 25.1. The van der Waals surface area contributed by atoms with Gasteiger partial charge in [0.05, 0.1) is 15.9 Å². The molecule has 0 saturated carbocycles. The minimum absolute atomic E-state index is 0.736. The Balaban J connectivity index is 1.31. The van der Waals surface area contributed by atoms with E-state index in [1.807, 2.05) is 0 Å². The quantitative estimate of drug-likeness (QED) is 0.191. The molecule has 210 valence electrons. The highest BCUT2D eigenvalue weighted by Gasteiger charge is 2.20. The van der Waals surface area contributed by atoms with Crippen molar-refractivity contribution in [3.8, 4) is 44.9 Å². The zero-order valence-electron chi connectivity index (χ0n) is 24.3. The molecule has 0 unspecified atom stereocenters. The number of hydrogen-bond acceptors (Lipinski definition) is 3. The topological polar surface area (TPSA) is 25.8 Å². The normalized spacial score (nSPS) is 11.6. The third-order valence-electron chi connectivity index (χ3n) is 8.66. The number of fused-ring (bicyclic) bond motifs is 8. The minimum atomic E-state index is 0.736. The Morgan fingerprint density at radius 2 is 0.844 bits per heavy atom. The summed E-state index contributed by atoms with van der Waals surface area (Å²) in [6, 6.07) is 55.9. The molecule has 9 rings (SSSR count). The van der Waals surface area contributed by atoms with Crippen LogP contribution in [0, 0.1) is 0 Å². The number of benzene rings is 7. The van der Waals surface area contributed by atoms with Gasteiger partial charge < -0.3 is 0 Å². The fourth-order valence-corrected chi connectivity index (χ4v) is 7.84. The van der Waals surface area contributed by atoms with Crippen LogP contribution in [0.3, 0.4) is 0 Å². The number of rotatable bonds is 4. The second-order valence-corrected chi connectivity index (χ2v) is 12.4. The average Bonchev–Trinajstić information content (AvgIpc) is 3.52. The lowest BCUT2D eigenvalue weighted by atomic mass is 9.97. The van der Waals surface area contributed by atoms with Gasteiger partial charge in [0.1, 0.15) is 0 Å². The highest BCUT2D eigenvalue weighted by Crippen LogP contribution is 2.46. The van der Waals surface area contributed by atoms with Crippen molar-refractivity contribution in [1.29, 1.82) is 0 Å². The zero-order chi connectivity index (χ0) is 29.7. The molecule has 0 fully saturated rings. The van der Waals surface area contributed by atoms with E-state index in [9.17, 15) is 0 Å². The predicted molar refractivity (Wildman–Crippen MR) is 192 cm³/mol. The van der Waals surface area contributed by atoms with E-state index in [0.29, 0.717) is 0 Å². The Hall–Kier alpha value is -5.64. The van der Waals surface area contributed by atoms with Crippen molar-refractivity contribution < 1.29 is 0 Å². The predicted octanol–water partition coefficient (Wildman–Crippen LogP) is 11.8. The molecule has 9 aromatic rings. The molecule has 0 aliphatic heterocycles. The fraction of sp³-hybridized carbons (Fsp3) is 0. The summed E-state index contributed by atoms with van der Waals surface area (Å²) in [5.74, 6) is 0.736. The Morgan fingerprint density at radius 3 is 1.53 bits per heavy atom. The van der Waals surface area contributed by atoms with E-state index < -0.39 is 0 Å². The van der Waals surface area contributed by atoms with Crippen molar-refractivity contribution >= 4 is 53.2 Å². The van der Waals surface area contributed by atoms with E-state index in [-0.39, 0.29) is 0 Å². The number of thiophene rings is 1. The molecule has 0 aliphatic carbocycles. The van der Waals surface area contributed by atoms with Gasteiger partial charge in [-0.2, -0.15) is 0 Å². The van der Waals surface area contributed by atoms with Gasteiger partial charge in [0.2, 0.25) is 0 Å². The van der Waals surface area contributed by atoms with Gasteiger partial charge in [-0.3, -0.25) is 0 Å². The number of nitrogens with zero attached hydrogens (tertiary/aromatic N) is 2. The lowest BCUT2D eigenvalue weighted by molar-refractivity contribution is 1.24. The first kappa shape index (κ1) is 25.8. The Kier molecular flexibility index (Phi) is 6.03. The first-order chi connectivity index (χ1) is 22.3. The highest BCUT2D eigenvalue weighted by molar-refractivity contribution is 7.27. The molecule has 0 bridgehead atoms. The summed E-state index contributed by atoms with van der Waals surface area (Å²) in [5.41, 5.74) is 8.80. The van der Waals surface area contributed by atoms with Gasteiger partial charge in [-0.25, -0.2) is 9.97 Å². The van der Waals surface area contributed by atoms with Crippen LogP contribution in [-0.4, -0.2) is 9.97 Å². The van der Waals surface area contributed by atoms with Gasteiger partial charge in [0.15, 0.2) is 5.82 Å². The molecule has 0 aliphatic rings. The molecular formula is C42H26N2S. The molecule has 2 heterocycles. The molecule has 7 aromatic carbocycles. The van der Waals surface area contributed by atoms with Crippen LogP contribution >= 0.6 is 11.3 Å². The average molecular weight is 591 g/mol. The molecule has 0 atom stereocenters. The SMILES string of the molecule is c1ccc(-c2cccc(-c3cccc(-c4nc(-c5ccccc5)c5sc6c7ccccc7c7ccccc7c6c5n4)c3)c2)cc1. The minimum Gasteiger partial charge on any atom is -0.226 e. The lowest BCUT2D eigenvalue weighted by Crippen LogP contribution is -1.94. The van der Waals surface area contributed by atoms with Crippen LogP contribution in [0.2, 0.25) is 0 Å². The van der Waals surface area contributed by atoms with Gasteiger partial charge in [0, 0.05) is 26.6 Å².